The lowest BCUT2D eigenvalue weighted by Gasteiger charge is -2.24. The van der Waals surface area contributed by atoms with Crippen molar-refractivity contribution in [3.8, 4) is 0 Å². The van der Waals surface area contributed by atoms with Crippen LogP contribution in [0.4, 0.5) is 15.3 Å². The Hall–Kier alpha value is -3.62. The smallest absolute Gasteiger partial charge is 0.323 e. The lowest BCUT2D eigenvalue weighted by molar-refractivity contribution is -0.122. The maximum Gasteiger partial charge on any atom is 0.323 e. The molecule has 1 aromatic carbocycles. The first-order valence-electron chi connectivity index (χ1n) is 11.1. The maximum atomic E-state index is 13.2. The van der Waals surface area contributed by atoms with E-state index in [2.05, 4.69) is 31.2 Å². The van der Waals surface area contributed by atoms with Gasteiger partial charge in [0.15, 0.2) is 5.78 Å². The summed E-state index contributed by atoms with van der Waals surface area (Å²) >= 11 is 0. The summed E-state index contributed by atoms with van der Waals surface area (Å²) in [5, 5.41) is 8.13. The Bertz CT molecular complexity index is 1230. The van der Waals surface area contributed by atoms with Crippen molar-refractivity contribution in [3.05, 3.63) is 47.9 Å². The highest BCUT2D eigenvalue weighted by Gasteiger charge is 2.35. The van der Waals surface area contributed by atoms with Gasteiger partial charge in [0, 0.05) is 36.3 Å². The molecule has 3 amide bonds. The Morgan fingerprint density at radius 3 is 2.61 bits per heavy atom. The van der Waals surface area contributed by atoms with Gasteiger partial charge in [0.2, 0.25) is 0 Å². The van der Waals surface area contributed by atoms with E-state index in [9.17, 15) is 14.4 Å². The highest BCUT2D eigenvalue weighted by atomic mass is 16.2. The average Bonchev–Trinajstić information content (AvgIpc) is 3.46. The number of aromatic nitrogens is 3. The fourth-order valence-corrected chi connectivity index (χ4v) is 4.33. The molecule has 1 aliphatic heterocycles. The number of fused-ring (bicyclic) bond motifs is 1. The molecule has 1 fully saturated rings. The standard InChI is InChI=1S/C24H30N6O3/c1-24(2,3)21-13-15(28(4)27-21)12-20(31)19-10-7-11-29(19)23(33)26-17-14-30(22(25)32)18-9-6-5-8-16(17)18/h5-6,8-9,13-14,19H,7,10-12H2,1-4H3,(H2,25,32)(H,26,33)/t19-/m0/s1. The van der Waals surface area contributed by atoms with Crippen LogP contribution in [0.1, 0.15) is 45.0 Å². The molecule has 0 saturated carbocycles. The largest absolute Gasteiger partial charge is 0.351 e. The lowest BCUT2D eigenvalue weighted by Crippen LogP contribution is -2.43. The summed E-state index contributed by atoms with van der Waals surface area (Å²) in [6, 6.07) is 7.67. The Morgan fingerprint density at radius 1 is 1.21 bits per heavy atom. The van der Waals surface area contributed by atoms with Crippen LogP contribution in [0.2, 0.25) is 0 Å². The van der Waals surface area contributed by atoms with Crippen LogP contribution in [0.15, 0.2) is 36.5 Å². The van der Waals surface area contributed by atoms with Gasteiger partial charge in [-0.3, -0.25) is 14.0 Å². The zero-order valence-electron chi connectivity index (χ0n) is 19.5. The molecule has 1 atom stereocenters. The summed E-state index contributed by atoms with van der Waals surface area (Å²) in [7, 11) is 1.84. The van der Waals surface area contributed by atoms with Gasteiger partial charge in [-0.05, 0) is 25.0 Å². The number of aryl methyl sites for hydroxylation is 1. The van der Waals surface area contributed by atoms with E-state index < -0.39 is 12.1 Å². The molecule has 1 aliphatic rings. The number of benzene rings is 1. The number of Topliss-reactive ketones (excluding diaryl/α,β-unsaturated/α-hetero) is 1. The fraction of sp³-hybridized carbons (Fsp3) is 0.417. The minimum Gasteiger partial charge on any atom is -0.351 e. The first-order chi connectivity index (χ1) is 15.6. The van der Waals surface area contributed by atoms with Gasteiger partial charge in [0.1, 0.15) is 0 Å². The number of nitrogens with one attached hydrogen (secondary N) is 1. The van der Waals surface area contributed by atoms with Crippen LogP contribution >= 0.6 is 0 Å². The molecule has 4 rings (SSSR count). The van der Waals surface area contributed by atoms with Crippen molar-refractivity contribution in [1.82, 2.24) is 19.2 Å². The number of carbonyl (C=O) groups excluding carboxylic acids is 3. The second kappa shape index (κ2) is 8.38. The number of nitrogens with two attached hydrogens (primary N) is 1. The molecule has 9 heteroatoms. The van der Waals surface area contributed by atoms with Crippen LogP contribution in [0.5, 0.6) is 0 Å². The third kappa shape index (κ3) is 4.35. The molecule has 0 aliphatic carbocycles. The number of amides is 3. The van der Waals surface area contributed by atoms with Crippen LogP contribution in [-0.4, -0.2) is 49.7 Å². The minimum atomic E-state index is -0.633. The molecule has 0 unspecified atom stereocenters. The Labute approximate surface area is 192 Å². The number of rotatable bonds is 4. The predicted octanol–water partition coefficient (Wildman–Crippen LogP) is 3.41. The van der Waals surface area contributed by atoms with Crippen molar-refractivity contribution in [2.75, 3.05) is 11.9 Å². The Morgan fingerprint density at radius 2 is 1.94 bits per heavy atom. The fourth-order valence-electron chi connectivity index (χ4n) is 4.33. The third-order valence-corrected chi connectivity index (χ3v) is 6.18. The minimum absolute atomic E-state index is 0.00864. The van der Waals surface area contributed by atoms with Crippen LogP contribution in [0, 0.1) is 0 Å². The van der Waals surface area contributed by atoms with Crippen LogP contribution in [0.25, 0.3) is 10.9 Å². The molecule has 1 saturated heterocycles. The van der Waals surface area contributed by atoms with Crippen molar-refractivity contribution in [2.45, 2.75) is 51.5 Å². The number of anilines is 1. The van der Waals surface area contributed by atoms with Gasteiger partial charge in [0.05, 0.1) is 29.4 Å². The number of hydrogen-bond donors (Lipinski definition) is 2. The SMILES string of the molecule is Cn1nc(C(C)(C)C)cc1CC(=O)[C@@H]1CCCN1C(=O)Nc1cn(C(N)=O)c2ccccc12. The number of primary amides is 1. The number of nitrogens with zero attached hydrogens (tertiary/aromatic N) is 4. The zero-order valence-corrected chi connectivity index (χ0v) is 19.5. The van der Waals surface area contributed by atoms with Crippen molar-refractivity contribution >= 4 is 34.4 Å². The van der Waals surface area contributed by atoms with E-state index in [1.54, 1.807) is 21.7 Å². The molecule has 33 heavy (non-hydrogen) atoms. The number of carbonyl (C=O) groups is 3. The molecule has 3 N–H and O–H groups in total. The van der Waals surface area contributed by atoms with E-state index in [1.165, 1.54) is 10.8 Å². The molecule has 174 valence electrons. The summed E-state index contributed by atoms with van der Waals surface area (Å²) in [6.45, 7) is 6.74. The summed E-state index contributed by atoms with van der Waals surface area (Å²) in [5.74, 6) is -0.00864. The predicted molar refractivity (Wildman–Crippen MR) is 126 cm³/mol. The molecular formula is C24H30N6O3. The van der Waals surface area contributed by atoms with Gasteiger partial charge < -0.3 is 16.0 Å². The van der Waals surface area contributed by atoms with Crippen molar-refractivity contribution in [1.29, 1.82) is 0 Å². The quantitative estimate of drug-likeness (QED) is 0.634. The monoisotopic (exact) mass is 450 g/mol. The van der Waals surface area contributed by atoms with E-state index in [1.807, 2.05) is 25.2 Å². The molecule has 2 aromatic heterocycles. The molecule has 3 aromatic rings. The van der Waals surface area contributed by atoms with Crippen LogP contribution < -0.4 is 11.1 Å². The van der Waals surface area contributed by atoms with E-state index in [0.717, 1.165) is 17.8 Å². The van der Waals surface area contributed by atoms with Gasteiger partial charge in [-0.25, -0.2) is 9.59 Å². The van der Waals surface area contributed by atoms with Crippen LogP contribution in [0.3, 0.4) is 0 Å². The molecule has 9 nitrogen and oxygen atoms in total. The van der Waals surface area contributed by atoms with E-state index in [0.29, 0.717) is 29.6 Å². The summed E-state index contributed by atoms with van der Waals surface area (Å²) in [5.41, 5.74) is 8.22. The van der Waals surface area contributed by atoms with Gasteiger partial charge in [-0.2, -0.15) is 5.10 Å². The summed E-state index contributed by atoms with van der Waals surface area (Å²) in [4.78, 5) is 39.7. The Kier molecular flexibility index (Phi) is 5.73. The van der Waals surface area contributed by atoms with Crippen molar-refractivity contribution < 1.29 is 14.4 Å². The number of para-hydroxylation sites is 1. The van der Waals surface area contributed by atoms with E-state index in [-0.39, 0.29) is 23.7 Å². The lowest BCUT2D eigenvalue weighted by atomic mass is 9.92. The molecule has 0 spiro atoms. The second-order valence-electron chi connectivity index (χ2n) is 9.59. The van der Waals surface area contributed by atoms with Crippen molar-refractivity contribution in [3.63, 3.8) is 0 Å². The maximum absolute atomic E-state index is 13.2. The molecular weight excluding hydrogens is 420 g/mol. The molecule has 0 radical (unpaired) electrons. The first kappa shape index (κ1) is 22.6. The van der Waals surface area contributed by atoms with Gasteiger partial charge >= 0.3 is 12.1 Å². The van der Waals surface area contributed by atoms with Gasteiger partial charge in [-0.15, -0.1) is 0 Å². The number of urea groups is 1. The normalized spacial score (nSPS) is 16.4. The molecule has 3 heterocycles. The summed E-state index contributed by atoms with van der Waals surface area (Å²) < 4.78 is 3.04. The van der Waals surface area contributed by atoms with E-state index in [4.69, 9.17) is 5.73 Å². The second-order valence-corrected chi connectivity index (χ2v) is 9.59. The Balaban J connectivity index is 1.51. The molecule has 0 bridgehead atoms. The highest BCUT2D eigenvalue weighted by molar-refractivity contribution is 6.05. The number of ketones is 1. The third-order valence-electron chi connectivity index (χ3n) is 6.18. The number of hydrogen-bond acceptors (Lipinski definition) is 4. The van der Waals surface area contributed by atoms with Gasteiger partial charge in [-0.1, -0.05) is 39.0 Å². The van der Waals surface area contributed by atoms with Crippen LogP contribution in [-0.2, 0) is 23.7 Å². The zero-order chi connectivity index (χ0) is 23.9. The average molecular weight is 451 g/mol. The highest BCUT2D eigenvalue weighted by Crippen LogP contribution is 2.28. The topological polar surface area (TPSA) is 115 Å². The summed E-state index contributed by atoms with van der Waals surface area (Å²) in [6.07, 6.45) is 3.11. The van der Waals surface area contributed by atoms with Crippen molar-refractivity contribution in [2.24, 2.45) is 12.8 Å². The van der Waals surface area contributed by atoms with Gasteiger partial charge in [0.25, 0.3) is 0 Å². The number of likely N-dealkylation sites (tertiary alicyclic amines) is 1. The first-order valence-corrected chi connectivity index (χ1v) is 11.1. The van der Waals surface area contributed by atoms with E-state index >= 15 is 0 Å².